The molecule has 1 aliphatic rings. The number of likely N-dealkylation sites (N-methyl/N-ethyl adjacent to an activating group) is 1. The van der Waals surface area contributed by atoms with Crippen LogP contribution in [0, 0.1) is 0 Å². The Morgan fingerprint density at radius 3 is 2.62 bits per heavy atom. The van der Waals surface area contributed by atoms with E-state index >= 15 is 0 Å². The monoisotopic (exact) mass is 186 g/mol. The molecule has 1 aliphatic heterocycles. The zero-order valence-electron chi connectivity index (χ0n) is 7.11. The number of carbonyl (C=O) groups is 3. The smallest absolute Gasteiger partial charge is 0.318 e. The van der Waals surface area contributed by atoms with E-state index in [9.17, 15) is 14.4 Å². The molecule has 3 N–H and O–H groups in total. The lowest BCUT2D eigenvalue weighted by Gasteiger charge is -2.12. The van der Waals surface area contributed by atoms with E-state index in [1.807, 2.05) is 5.43 Å². The summed E-state index contributed by atoms with van der Waals surface area (Å²) in [6.45, 7) is -0.310. The number of amides is 4. The zero-order chi connectivity index (χ0) is 10.0. The van der Waals surface area contributed by atoms with Crippen LogP contribution < -0.4 is 11.3 Å². The largest absolute Gasteiger partial charge is 0.327 e. The Hall–Kier alpha value is -1.63. The van der Waals surface area contributed by atoms with Gasteiger partial charge in [-0.15, -0.1) is 0 Å². The van der Waals surface area contributed by atoms with Crippen molar-refractivity contribution in [3.05, 3.63) is 0 Å². The van der Waals surface area contributed by atoms with Crippen LogP contribution in [0.25, 0.3) is 0 Å². The molecule has 72 valence electrons. The first-order chi connectivity index (χ1) is 6.06. The molecule has 7 nitrogen and oxygen atoms in total. The van der Waals surface area contributed by atoms with Crippen LogP contribution in [0.4, 0.5) is 4.79 Å². The molecule has 4 amide bonds. The van der Waals surface area contributed by atoms with E-state index in [1.54, 1.807) is 0 Å². The maximum Gasteiger partial charge on any atom is 0.327 e. The van der Waals surface area contributed by atoms with Gasteiger partial charge in [-0.3, -0.25) is 19.9 Å². The Labute approximate surface area is 74.4 Å². The minimum Gasteiger partial charge on any atom is -0.318 e. The number of nitrogens with zero attached hydrogens (tertiary/aromatic N) is 2. The normalized spacial score (nSPS) is 16.8. The highest BCUT2D eigenvalue weighted by molar-refractivity contribution is 6.04. The molecule has 1 heterocycles. The second-order valence-corrected chi connectivity index (χ2v) is 2.69. The van der Waals surface area contributed by atoms with Crippen LogP contribution in [0.15, 0.2) is 0 Å². The molecule has 0 unspecified atom stereocenters. The fourth-order valence-electron chi connectivity index (χ4n) is 1.01. The van der Waals surface area contributed by atoms with Gasteiger partial charge in [-0.25, -0.2) is 10.6 Å². The summed E-state index contributed by atoms with van der Waals surface area (Å²) >= 11 is 0. The molecule has 0 atom stereocenters. The average Bonchev–Trinajstić information content (AvgIpc) is 2.32. The molecule has 0 aliphatic carbocycles. The number of hydrogen-bond acceptors (Lipinski definition) is 4. The van der Waals surface area contributed by atoms with Crippen LogP contribution in [-0.4, -0.2) is 47.8 Å². The predicted octanol–water partition coefficient (Wildman–Crippen LogP) is -2.13. The Morgan fingerprint density at radius 1 is 1.62 bits per heavy atom. The van der Waals surface area contributed by atoms with Gasteiger partial charge in [0.1, 0.15) is 13.1 Å². The first-order valence-electron chi connectivity index (χ1n) is 3.61. The molecule has 13 heavy (non-hydrogen) atoms. The Morgan fingerprint density at radius 2 is 2.23 bits per heavy atom. The van der Waals surface area contributed by atoms with Gasteiger partial charge in [0.2, 0.25) is 0 Å². The SMILES string of the molecule is CN1CC(=O)N(CC(=O)NN)C1=O. The molecule has 1 fully saturated rings. The zero-order valence-corrected chi connectivity index (χ0v) is 7.11. The van der Waals surface area contributed by atoms with Crippen molar-refractivity contribution < 1.29 is 14.4 Å². The molecule has 0 aromatic rings. The van der Waals surface area contributed by atoms with Gasteiger partial charge < -0.3 is 4.90 Å². The average molecular weight is 186 g/mol. The standard InChI is InChI=1S/C6H10N4O3/c1-9-3-5(12)10(6(9)13)2-4(11)8-7/h2-3,7H2,1H3,(H,8,11). The van der Waals surface area contributed by atoms with Crippen molar-refractivity contribution in [1.29, 1.82) is 0 Å². The summed E-state index contributed by atoms with van der Waals surface area (Å²) in [5.74, 6) is 3.85. The predicted molar refractivity (Wildman–Crippen MR) is 42.1 cm³/mol. The second kappa shape index (κ2) is 3.40. The first-order valence-corrected chi connectivity index (χ1v) is 3.61. The molecular weight excluding hydrogens is 176 g/mol. The second-order valence-electron chi connectivity index (χ2n) is 2.69. The van der Waals surface area contributed by atoms with E-state index in [1.165, 1.54) is 11.9 Å². The van der Waals surface area contributed by atoms with Gasteiger partial charge in [0.15, 0.2) is 0 Å². The van der Waals surface area contributed by atoms with Crippen molar-refractivity contribution in [3.8, 4) is 0 Å². The number of hydrogen-bond donors (Lipinski definition) is 2. The Balaban J connectivity index is 2.64. The number of nitrogens with two attached hydrogens (primary N) is 1. The van der Waals surface area contributed by atoms with Crippen molar-refractivity contribution in [2.45, 2.75) is 0 Å². The number of rotatable bonds is 2. The van der Waals surface area contributed by atoms with Crippen LogP contribution in [0.2, 0.25) is 0 Å². The van der Waals surface area contributed by atoms with Crippen LogP contribution >= 0.6 is 0 Å². The van der Waals surface area contributed by atoms with Crippen molar-refractivity contribution in [1.82, 2.24) is 15.2 Å². The fraction of sp³-hybridized carbons (Fsp3) is 0.500. The number of hydrazine groups is 1. The summed E-state index contributed by atoms with van der Waals surface area (Å²) in [6.07, 6.45) is 0. The lowest BCUT2D eigenvalue weighted by Crippen LogP contribution is -2.43. The molecule has 0 bridgehead atoms. The van der Waals surface area contributed by atoms with Crippen molar-refractivity contribution in [2.75, 3.05) is 20.1 Å². The van der Waals surface area contributed by atoms with Crippen molar-refractivity contribution in [2.24, 2.45) is 5.84 Å². The summed E-state index contributed by atoms with van der Waals surface area (Å²) in [5, 5.41) is 0. The minimum atomic E-state index is -0.572. The van der Waals surface area contributed by atoms with Gasteiger partial charge in [0, 0.05) is 7.05 Å². The molecule has 1 saturated heterocycles. The van der Waals surface area contributed by atoms with Crippen LogP contribution in [0.3, 0.4) is 0 Å². The van der Waals surface area contributed by atoms with E-state index in [0.717, 1.165) is 4.90 Å². The summed E-state index contributed by atoms with van der Waals surface area (Å²) in [7, 11) is 1.49. The van der Waals surface area contributed by atoms with Crippen molar-refractivity contribution >= 4 is 17.8 Å². The molecule has 0 aromatic heterocycles. The molecule has 0 spiro atoms. The van der Waals surface area contributed by atoms with E-state index in [2.05, 4.69) is 0 Å². The third kappa shape index (κ3) is 1.75. The summed E-state index contributed by atoms with van der Waals surface area (Å²) in [6, 6.07) is -0.478. The first kappa shape index (κ1) is 9.46. The molecule has 1 rings (SSSR count). The van der Waals surface area contributed by atoms with Gasteiger partial charge in [0.05, 0.1) is 0 Å². The third-order valence-corrected chi connectivity index (χ3v) is 1.69. The van der Waals surface area contributed by atoms with Gasteiger partial charge in [-0.1, -0.05) is 0 Å². The van der Waals surface area contributed by atoms with Gasteiger partial charge in [-0.05, 0) is 0 Å². The highest BCUT2D eigenvalue weighted by atomic mass is 16.2. The Bertz CT molecular complexity index is 265. The van der Waals surface area contributed by atoms with E-state index in [-0.39, 0.29) is 13.1 Å². The molecule has 0 radical (unpaired) electrons. The lowest BCUT2D eigenvalue weighted by atomic mass is 10.5. The Kier molecular flexibility index (Phi) is 2.47. The quantitative estimate of drug-likeness (QED) is 0.223. The minimum absolute atomic E-state index is 0.0106. The molecular formula is C6H10N4O3. The number of nitrogens with one attached hydrogen (secondary N) is 1. The van der Waals surface area contributed by atoms with Crippen LogP contribution in [0.1, 0.15) is 0 Å². The fourth-order valence-corrected chi connectivity index (χ4v) is 1.01. The van der Waals surface area contributed by atoms with Gasteiger partial charge in [0.25, 0.3) is 11.8 Å². The molecule has 0 aromatic carbocycles. The van der Waals surface area contributed by atoms with Crippen molar-refractivity contribution in [3.63, 3.8) is 0 Å². The maximum atomic E-state index is 11.2. The number of imide groups is 1. The van der Waals surface area contributed by atoms with Gasteiger partial charge in [-0.2, -0.15) is 0 Å². The van der Waals surface area contributed by atoms with Crippen LogP contribution in [-0.2, 0) is 9.59 Å². The number of urea groups is 1. The summed E-state index contributed by atoms with van der Waals surface area (Å²) < 4.78 is 0. The highest BCUT2D eigenvalue weighted by Crippen LogP contribution is 2.06. The molecule has 0 saturated carbocycles. The topological polar surface area (TPSA) is 95.7 Å². The summed E-state index contributed by atoms with van der Waals surface area (Å²) in [4.78, 5) is 35.1. The third-order valence-electron chi connectivity index (χ3n) is 1.69. The number of carbonyl (C=O) groups excluding carboxylic acids is 3. The van der Waals surface area contributed by atoms with Gasteiger partial charge >= 0.3 is 6.03 Å². The lowest BCUT2D eigenvalue weighted by molar-refractivity contribution is -0.130. The van der Waals surface area contributed by atoms with E-state index in [0.29, 0.717) is 0 Å². The highest BCUT2D eigenvalue weighted by Gasteiger charge is 2.34. The maximum absolute atomic E-state index is 11.2. The van der Waals surface area contributed by atoms with E-state index < -0.39 is 17.8 Å². The molecule has 7 heteroatoms. The summed E-state index contributed by atoms with van der Waals surface area (Å²) in [5.41, 5.74) is 1.84. The van der Waals surface area contributed by atoms with Crippen LogP contribution in [0.5, 0.6) is 0 Å². The van der Waals surface area contributed by atoms with E-state index in [4.69, 9.17) is 5.84 Å².